The van der Waals surface area contributed by atoms with E-state index in [0.717, 1.165) is 24.8 Å². The molecular formula is C26H43NO4. The van der Waals surface area contributed by atoms with Gasteiger partial charge in [0, 0.05) is 0 Å². The molecule has 0 fully saturated rings. The van der Waals surface area contributed by atoms with E-state index in [1.807, 2.05) is 13.0 Å². The Morgan fingerprint density at radius 3 is 1.81 bits per heavy atom. The molecule has 31 heavy (non-hydrogen) atoms. The molecule has 0 radical (unpaired) electrons. The van der Waals surface area contributed by atoms with Crippen molar-refractivity contribution in [3.63, 3.8) is 0 Å². The van der Waals surface area contributed by atoms with Crippen LogP contribution in [0.2, 0.25) is 0 Å². The fourth-order valence-electron chi connectivity index (χ4n) is 3.70. The number of hydrogen-bond donors (Lipinski definition) is 2. The third-order valence-corrected chi connectivity index (χ3v) is 5.69. The second-order valence-corrected chi connectivity index (χ2v) is 8.40. The summed E-state index contributed by atoms with van der Waals surface area (Å²) in [7, 11) is 0. The Kier molecular flexibility index (Phi) is 15.3. The summed E-state index contributed by atoms with van der Waals surface area (Å²) in [5.74, 6) is -1.06. The van der Waals surface area contributed by atoms with Crippen molar-refractivity contribution >= 4 is 17.7 Å². The van der Waals surface area contributed by atoms with Crippen LogP contribution in [0.4, 0.5) is 10.5 Å². The molecule has 2 N–H and O–H groups in total. The molecule has 1 amide bonds. The second kappa shape index (κ2) is 17.6. The van der Waals surface area contributed by atoms with Crippen LogP contribution in [0.5, 0.6) is 0 Å². The van der Waals surface area contributed by atoms with Gasteiger partial charge in [-0.2, -0.15) is 0 Å². The molecule has 0 bridgehead atoms. The van der Waals surface area contributed by atoms with Gasteiger partial charge in [-0.05, 0) is 30.5 Å². The highest BCUT2D eigenvalue weighted by Gasteiger charge is 2.13. The molecule has 0 aliphatic heterocycles. The van der Waals surface area contributed by atoms with Crippen molar-refractivity contribution in [2.75, 3.05) is 11.9 Å². The van der Waals surface area contributed by atoms with E-state index < -0.39 is 12.1 Å². The van der Waals surface area contributed by atoms with Crippen molar-refractivity contribution < 1.29 is 19.4 Å². The van der Waals surface area contributed by atoms with Crippen molar-refractivity contribution in [1.82, 2.24) is 0 Å². The molecule has 1 rings (SSSR count). The number of carboxylic acid groups (broad SMARTS) is 1. The van der Waals surface area contributed by atoms with Gasteiger partial charge in [-0.3, -0.25) is 5.32 Å². The average Bonchev–Trinajstić information content (AvgIpc) is 2.76. The number of rotatable bonds is 18. The fourth-order valence-corrected chi connectivity index (χ4v) is 3.70. The molecule has 5 nitrogen and oxygen atoms in total. The lowest BCUT2D eigenvalue weighted by Crippen LogP contribution is -2.17. The molecule has 176 valence electrons. The summed E-state index contributed by atoms with van der Waals surface area (Å²) < 4.78 is 5.20. The van der Waals surface area contributed by atoms with Gasteiger partial charge in [-0.15, -0.1) is 0 Å². The molecule has 0 aliphatic carbocycles. The number of ether oxygens (including phenoxy) is 1. The van der Waals surface area contributed by atoms with Gasteiger partial charge in [0.05, 0.1) is 17.9 Å². The predicted molar refractivity (Wildman–Crippen MR) is 128 cm³/mol. The van der Waals surface area contributed by atoms with Crippen LogP contribution in [0, 0.1) is 0 Å². The highest BCUT2D eigenvalue weighted by atomic mass is 16.5. The molecule has 5 heteroatoms. The molecule has 0 unspecified atom stereocenters. The molecule has 1 aromatic rings. The Bertz CT molecular complexity index is 630. The number of anilines is 1. The third kappa shape index (κ3) is 13.1. The summed E-state index contributed by atoms with van der Waals surface area (Å²) in [6.45, 7) is 4.58. The largest absolute Gasteiger partial charge is 0.478 e. The quantitative estimate of drug-likeness (QED) is 0.230. The Hall–Kier alpha value is -2.04. The topological polar surface area (TPSA) is 75.6 Å². The second-order valence-electron chi connectivity index (χ2n) is 8.40. The molecule has 0 saturated carbocycles. The lowest BCUT2D eigenvalue weighted by atomic mass is 10.0. The number of nitrogens with one attached hydrogen (secondary N) is 1. The number of aryl methyl sites for hydroxylation is 1. The van der Waals surface area contributed by atoms with Crippen molar-refractivity contribution in [2.45, 2.75) is 110 Å². The van der Waals surface area contributed by atoms with Crippen molar-refractivity contribution in [3.05, 3.63) is 29.3 Å². The van der Waals surface area contributed by atoms with Crippen molar-refractivity contribution in [3.8, 4) is 0 Å². The first-order chi connectivity index (χ1) is 15.1. The van der Waals surface area contributed by atoms with Gasteiger partial charge >= 0.3 is 12.1 Å². The zero-order valence-corrected chi connectivity index (χ0v) is 19.7. The Morgan fingerprint density at radius 1 is 0.806 bits per heavy atom. The third-order valence-electron chi connectivity index (χ3n) is 5.69. The van der Waals surface area contributed by atoms with Crippen LogP contribution < -0.4 is 5.32 Å². The Balaban J connectivity index is 2.01. The lowest BCUT2D eigenvalue weighted by Gasteiger charge is -2.10. The van der Waals surface area contributed by atoms with E-state index in [1.165, 1.54) is 77.0 Å². The van der Waals surface area contributed by atoms with E-state index in [9.17, 15) is 14.7 Å². The zero-order chi connectivity index (χ0) is 22.7. The maximum Gasteiger partial charge on any atom is 0.411 e. The smallest absolute Gasteiger partial charge is 0.411 e. The predicted octanol–water partition coefficient (Wildman–Crippen LogP) is 7.98. The maximum absolute atomic E-state index is 11.9. The standard InChI is InChI=1S/C26H43NO4/c1-3-5-6-7-8-9-10-11-12-13-14-15-16-17-20-31-26(30)27-24-19-18-22(4-2)21-23(24)25(28)29/h18-19,21H,3-17,20H2,1-2H3,(H,27,30)(H,28,29). The average molecular weight is 434 g/mol. The highest BCUT2D eigenvalue weighted by molar-refractivity contribution is 5.98. The van der Waals surface area contributed by atoms with Crippen LogP contribution in [-0.2, 0) is 11.2 Å². The lowest BCUT2D eigenvalue weighted by molar-refractivity contribution is 0.0698. The summed E-state index contributed by atoms with van der Waals surface area (Å²) >= 11 is 0. The maximum atomic E-state index is 11.9. The number of carbonyl (C=O) groups excluding carboxylic acids is 1. The van der Waals surface area contributed by atoms with Crippen LogP contribution in [0.3, 0.4) is 0 Å². The molecule has 0 aromatic heterocycles. The van der Waals surface area contributed by atoms with E-state index >= 15 is 0 Å². The molecule has 1 aromatic carbocycles. The number of amides is 1. The number of aromatic carboxylic acids is 1. The fraction of sp³-hybridized carbons (Fsp3) is 0.692. The highest BCUT2D eigenvalue weighted by Crippen LogP contribution is 2.19. The van der Waals surface area contributed by atoms with Gasteiger partial charge in [0.15, 0.2) is 0 Å². The van der Waals surface area contributed by atoms with Crippen LogP contribution in [0.15, 0.2) is 18.2 Å². The van der Waals surface area contributed by atoms with E-state index in [2.05, 4.69) is 12.2 Å². The molecule has 0 aliphatic rings. The van der Waals surface area contributed by atoms with Gasteiger partial charge in [-0.1, -0.05) is 103 Å². The first-order valence-electron chi connectivity index (χ1n) is 12.4. The Labute approximate surface area is 189 Å². The summed E-state index contributed by atoms with van der Waals surface area (Å²) in [5, 5.41) is 11.9. The molecule has 0 saturated heterocycles. The molecule has 0 atom stereocenters. The van der Waals surface area contributed by atoms with E-state index in [4.69, 9.17) is 4.74 Å². The normalized spacial score (nSPS) is 10.8. The van der Waals surface area contributed by atoms with Gasteiger partial charge in [0.25, 0.3) is 0 Å². The van der Waals surface area contributed by atoms with E-state index in [0.29, 0.717) is 6.61 Å². The number of benzene rings is 1. The molecular weight excluding hydrogens is 390 g/mol. The van der Waals surface area contributed by atoms with Gasteiger partial charge < -0.3 is 9.84 Å². The SMILES string of the molecule is CCCCCCCCCCCCCCCCOC(=O)Nc1ccc(CC)cc1C(=O)O. The summed E-state index contributed by atoms with van der Waals surface area (Å²) in [6, 6.07) is 5.03. The molecule has 0 heterocycles. The van der Waals surface area contributed by atoms with E-state index in [1.54, 1.807) is 12.1 Å². The van der Waals surface area contributed by atoms with Gasteiger partial charge in [-0.25, -0.2) is 9.59 Å². The van der Waals surface area contributed by atoms with Crippen molar-refractivity contribution in [2.24, 2.45) is 0 Å². The minimum atomic E-state index is -1.06. The number of carboxylic acids is 1. The van der Waals surface area contributed by atoms with Crippen molar-refractivity contribution in [1.29, 1.82) is 0 Å². The monoisotopic (exact) mass is 433 g/mol. The van der Waals surface area contributed by atoms with Gasteiger partial charge in [0.1, 0.15) is 0 Å². The first kappa shape index (κ1) is 27.0. The summed E-state index contributed by atoms with van der Waals surface area (Å²) in [5.41, 5.74) is 1.28. The van der Waals surface area contributed by atoms with Crippen LogP contribution >= 0.6 is 0 Å². The van der Waals surface area contributed by atoms with Gasteiger partial charge in [0.2, 0.25) is 0 Å². The minimum absolute atomic E-state index is 0.0905. The van der Waals surface area contributed by atoms with E-state index in [-0.39, 0.29) is 11.3 Å². The number of hydrogen-bond acceptors (Lipinski definition) is 3. The van der Waals surface area contributed by atoms with Crippen LogP contribution in [0.1, 0.15) is 120 Å². The van der Waals surface area contributed by atoms with Crippen LogP contribution in [0.25, 0.3) is 0 Å². The zero-order valence-electron chi connectivity index (χ0n) is 19.7. The number of unbranched alkanes of at least 4 members (excludes halogenated alkanes) is 13. The minimum Gasteiger partial charge on any atom is -0.478 e. The number of carbonyl (C=O) groups is 2. The van der Waals surface area contributed by atoms with Crippen LogP contribution in [-0.4, -0.2) is 23.8 Å². The molecule has 0 spiro atoms. The summed E-state index contributed by atoms with van der Waals surface area (Å²) in [4.78, 5) is 23.3. The Morgan fingerprint density at radius 2 is 1.32 bits per heavy atom. The summed E-state index contributed by atoms with van der Waals surface area (Å²) in [6.07, 6.45) is 18.1. The first-order valence-corrected chi connectivity index (χ1v) is 12.4.